The lowest BCUT2D eigenvalue weighted by atomic mass is 9.73. The number of carbonyl (C=O) groups excluding carboxylic acids is 1. The van der Waals surface area contributed by atoms with Gasteiger partial charge in [-0.3, -0.25) is 4.79 Å². The summed E-state index contributed by atoms with van der Waals surface area (Å²) in [6.45, 7) is 3.24. The van der Waals surface area contributed by atoms with E-state index in [0.29, 0.717) is 50.2 Å². The molecule has 2 heterocycles. The van der Waals surface area contributed by atoms with Gasteiger partial charge in [0, 0.05) is 63.3 Å². The van der Waals surface area contributed by atoms with Crippen LogP contribution in [0, 0.1) is 17.7 Å². The standard InChI is InChI=1S/C28H44FN3O4/c1-36-16-6-3-12-28(35,22-10-7-11-23(29)26(22)31-13-4-2-5-14-31)21-9-8-15-32(19-21)27(34)20-17-24(30)25(33)18-20/h7,10-11,20-21,24-25,33,35H,2-6,8-9,12-19,30H2,1H3/t20-,21+,24+,25-,28?/m0/s1. The molecule has 1 aliphatic carbocycles. The highest BCUT2D eigenvalue weighted by Gasteiger charge is 2.45. The first-order valence-electron chi connectivity index (χ1n) is 13.8. The smallest absolute Gasteiger partial charge is 0.225 e. The molecule has 7 nitrogen and oxygen atoms in total. The van der Waals surface area contributed by atoms with Gasteiger partial charge in [0.05, 0.1) is 17.4 Å². The normalized spacial score (nSPS) is 28.8. The van der Waals surface area contributed by atoms with Crippen LogP contribution in [0.4, 0.5) is 10.1 Å². The summed E-state index contributed by atoms with van der Waals surface area (Å²) in [4.78, 5) is 17.3. The van der Waals surface area contributed by atoms with Crippen LogP contribution < -0.4 is 10.6 Å². The molecular formula is C28H44FN3O4. The maximum absolute atomic E-state index is 15.4. The number of carbonyl (C=O) groups is 1. The van der Waals surface area contributed by atoms with Gasteiger partial charge < -0.3 is 30.5 Å². The van der Waals surface area contributed by atoms with E-state index in [1.54, 1.807) is 13.2 Å². The zero-order valence-corrected chi connectivity index (χ0v) is 21.7. The van der Waals surface area contributed by atoms with Crippen LogP contribution in [0.3, 0.4) is 0 Å². The number of amides is 1. The van der Waals surface area contributed by atoms with Gasteiger partial charge in [0.2, 0.25) is 5.91 Å². The number of halogens is 1. The minimum Gasteiger partial charge on any atom is -0.391 e. The van der Waals surface area contributed by atoms with Crippen LogP contribution in [0.5, 0.6) is 0 Å². The molecule has 8 heteroatoms. The number of unbranched alkanes of at least 4 members (excludes halogenated alkanes) is 1. The summed E-state index contributed by atoms with van der Waals surface area (Å²) < 4.78 is 20.6. The summed E-state index contributed by atoms with van der Waals surface area (Å²) in [5.74, 6) is -0.754. The van der Waals surface area contributed by atoms with Crippen molar-refractivity contribution in [1.82, 2.24) is 4.90 Å². The fourth-order valence-corrected chi connectivity index (χ4v) is 6.58. The molecular weight excluding hydrogens is 461 g/mol. The van der Waals surface area contributed by atoms with Crippen LogP contribution in [0.25, 0.3) is 0 Å². The number of aliphatic hydroxyl groups excluding tert-OH is 1. The average molecular weight is 506 g/mol. The van der Waals surface area contributed by atoms with E-state index in [0.717, 1.165) is 58.0 Å². The average Bonchev–Trinajstić information content (AvgIpc) is 3.24. The minimum absolute atomic E-state index is 0.0175. The lowest BCUT2D eigenvalue weighted by Crippen LogP contribution is -2.50. The summed E-state index contributed by atoms with van der Waals surface area (Å²) >= 11 is 0. The summed E-state index contributed by atoms with van der Waals surface area (Å²) in [5, 5.41) is 22.5. The van der Waals surface area contributed by atoms with Crippen molar-refractivity contribution < 1.29 is 24.1 Å². The quantitative estimate of drug-likeness (QED) is 0.446. The van der Waals surface area contributed by atoms with E-state index in [-0.39, 0.29) is 29.6 Å². The number of hydrogen-bond acceptors (Lipinski definition) is 6. The maximum atomic E-state index is 15.4. The van der Waals surface area contributed by atoms with Crippen molar-refractivity contribution in [3.8, 4) is 0 Å². The second kappa shape index (κ2) is 12.2. The van der Waals surface area contributed by atoms with Gasteiger partial charge in [0.15, 0.2) is 0 Å². The molecule has 0 aromatic heterocycles. The first-order valence-corrected chi connectivity index (χ1v) is 13.8. The highest BCUT2D eigenvalue weighted by Crippen LogP contribution is 2.45. The number of nitrogens with zero attached hydrogens (tertiary/aromatic N) is 2. The molecule has 1 amide bonds. The van der Waals surface area contributed by atoms with Crippen LogP contribution in [-0.2, 0) is 15.1 Å². The van der Waals surface area contributed by atoms with Gasteiger partial charge in [-0.25, -0.2) is 4.39 Å². The number of nitrogens with two attached hydrogens (primary N) is 1. The van der Waals surface area contributed by atoms with E-state index < -0.39 is 11.7 Å². The highest BCUT2D eigenvalue weighted by atomic mass is 19.1. The zero-order chi connectivity index (χ0) is 25.7. The van der Waals surface area contributed by atoms with Crippen molar-refractivity contribution >= 4 is 11.6 Å². The molecule has 4 N–H and O–H groups in total. The first-order chi connectivity index (χ1) is 17.3. The Morgan fingerprint density at radius 1 is 1.17 bits per heavy atom. The van der Waals surface area contributed by atoms with E-state index in [1.165, 1.54) is 6.07 Å². The summed E-state index contributed by atoms with van der Waals surface area (Å²) in [5.41, 5.74) is 5.90. The van der Waals surface area contributed by atoms with Crippen molar-refractivity contribution in [2.75, 3.05) is 44.8 Å². The Morgan fingerprint density at radius 3 is 2.64 bits per heavy atom. The minimum atomic E-state index is -1.26. The van der Waals surface area contributed by atoms with E-state index in [2.05, 4.69) is 4.90 Å². The van der Waals surface area contributed by atoms with Crippen molar-refractivity contribution in [2.24, 2.45) is 17.6 Å². The van der Waals surface area contributed by atoms with E-state index >= 15 is 4.39 Å². The van der Waals surface area contributed by atoms with Crippen molar-refractivity contribution in [3.63, 3.8) is 0 Å². The van der Waals surface area contributed by atoms with E-state index in [9.17, 15) is 15.0 Å². The van der Waals surface area contributed by atoms with Crippen LogP contribution in [0.1, 0.15) is 69.8 Å². The second-order valence-electron chi connectivity index (χ2n) is 11.1. The molecule has 3 aliphatic rings. The third kappa shape index (κ3) is 5.87. The molecule has 5 atom stereocenters. The third-order valence-electron chi connectivity index (χ3n) is 8.62. The molecule has 3 fully saturated rings. The number of para-hydroxylation sites is 1. The monoisotopic (exact) mass is 505 g/mol. The van der Waals surface area contributed by atoms with Crippen LogP contribution in [-0.4, -0.2) is 73.1 Å². The fourth-order valence-electron chi connectivity index (χ4n) is 6.58. The van der Waals surface area contributed by atoms with Gasteiger partial charge in [-0.2, -0.15) is 0 Å². The predicted molar refractivity (Wildman–Crippen MR) is 138 cm³/mol. The molecule has 0 radical (unpaired) electrons. The topological polar surface area (TPSA) is 99.3 Å². The van der Waals surface area contributed by atoms with E-state index in [1.807, 2.05) is 11.0 Å². The maximum Gasteiger partial charge on any atom is 0.225 e. The Labute approximate surface area is 214 Å². The number of hydrogen-bond donors (Lipinski definition) is 3. The summed E-state index contributed by atoms with van der Waals surface area (Å²) in [6, 6.07) is 4.71. The van der Waals surface area contributed by atoms with Crippen molar-refractivity contribution in [2.45, 2.75) is 82.0 Å². The Hall–Kier alpha value is -1.74. The van der Waals surface area contributed by atoms with Gasteiger partial charge in [0.1, 0.15) is 5.82 Å². The van der Waals surface area contributed by atoms with Crippen LogP contribution in [0.2, 0.25) is 0 Å². The Bertz CT molecular complexity index is 870. The first kappa shape index (κ1) is 27.3. The van der Waals surface area contributed by atoms with Gasteiger partial charge in [-0.15, -0.1) is 0 Å². The molecule has 0 bridgehead atoms. The number of methoxy groups -OCH3 is 1. The predicted octanol–water partition coefficient (Wildman–Crippen LogP) is 3.16. The largest absolute Gasteiger partial charge is 0.391 e. The molecule has 1 unspecified atom stereocenters. The second-order valence-corrected chi connectivity index (χ2v) is 11.1. The molecule has 4 rings (SSSR count). The van der Waals surface area contributed by atoms with Crippen LogP contribution >= 0.6 is 0 Å². The third-order valence-corrected chi connectivity index (χ3v) is 8.62. The molecule has 36 heavy (non-hydrogen) atoms. The molecule has 2 saturated heterocycles. The molecule has 0 spiro atoms. The molecule has 1 saturated carbocycles. The Morgan fingerprint density at radius 2 is 1.94 bits per heavy atom. The molecule has 1 aromatic carbocycles. The van der Waals surface area contributed by atoms with E-state index in [4.69, 9.17) is 10.5 Å². The number of piperidine rings is 2. The lowest BCUT2D eigenvalue weighted by molar-refractivity contribution is -0.141. The number of ether oxygens (including phenoxy) is 1. The number of aliphatic hydroxyl groups is 2. The fraction of sp³-hybridized carbons (Fsp3) is 0.750. The van der Waals surface area contributed by atoms with Gasteiger partial charge in [-0.05, 0) is 70.3 Å². The Balaban J connectivity index is 1.62. The molecule has 1 aromatic rings. The Kier molecular flexibility index (Phi) is 9.25. The molecule has 202 valence electrons. The van der Waals surface area contributed by atoms with Crippen LogP contribution in [0.15, 0.2) is 18.2 Å². The van der Waals surface area contributed by atoms with Gasteiger partial charge >= 0.3 is 0 Å². The highest BCUT2D eigenvalue weighted by molar-refractivity contribution is 5.79. The van der Waals surface area contributed by atoms with Gasteiger partial charge in [0.25, 0.3) is 0 Å². The van der Waals surface area contributed by atoms with Crippen molar-refractivity contribution in [1.29, 1.82) is 0 Å². The van der Waals surface area contributed by atoms with Gasteiger partial charge in [-0.1, -0.05) is 12.1 Å². The number of benzene rings is 1. The number of anilines is 1. The summed E-state index contributed by atoms with van der Waals surface area (Å²) in [7, 11) is 1.67. The van der Waals surface area contributed by atoms with Crippen molar-refractivity contribution in [3.05, 3.63) is 29.6 Å². The zero-order valence-electron chi connectivity index (χ0n) is 21.7. The SMILES string of the molecule is COCCCCC(O)(c1cccc(F)c1N1CCCCC1)[C@@H]1CCCN(C(=O)[C@H]2C[C@@H](N)[C@@H](O)C2)C1. The lowest BCUT2D eigenvalue weighted by Gasteiger charge is -2.45. The molecule has 2 aliphatic heterocycles. The summed E-state index contributed by atoms with van der Waals surface area (Å²) in [6.07, 6.45) is 7.01. The number of rotatable bonds is 9. The number of likely N-dealkylation sites (tertiary alicyclic amines) is 1.